The van der Waals surface area contributed by atoms with Gasteiger partial charge in [-0.15, -0.1) is 0 Å². The molecule has 1 aliphatic rings. The SMILES string of the molecule is COc1ccc([N+](=O)[O-])cc1[N+]1([O-])C=CC=C(C)C1=S(=O)=O. The maximum absolute atomic E-state index is 13.1. The molecule has 0 saturated carbocycles. The van der Waals surface area contributed by atoms with Gasteiger partial charge in [0.1, 0.15) is 6.20 Å². The van der Waals surface area contributed by atoms with E-state index < -0.39 is 24.9 Å². The molecule has 0 aromatic heterocycles. The molecule has 2 rings (SSSR count). The molecule has 1 heterocycles. The molecule has 116 valence electrons. The van der Waals surface area contributed by atoms with E-state index in [9.17, 15) is 23.7 Å². The van der Waals surface area contributed by atoms with Crippen LogP contribution < -0.4 is 9.38 Å². The summed E-state index contributed by atoms with van der Waals surface area (Å²) in [6.45, 7) is 1.48. The largest absolute Gasteiger partial charge is 0.616 e. The number of hydroxylamine groups is 2. The highest BCUT2D eigenvalue weighted by atomic mass is 32.2. The molecular formula is C13H12N2O6S. The Balaban J connectivity index is 2.81. The van der Waals surface area contributed by atoms with Gasteiger partial charge in [0.15, 0.2) is 11.4 Å². The van der Waals surface area contributed by atoms with Gasteiger partial charge in [0.05, 0.1) is 18.1 Å². The number of hydrogen-bond donors (Lipinski definition) is 0. The van der Waals surface area contributed by atoms with Crippen LogP contribution in [0.5, 0.6) is 5.75 Å². The topological polar surface area (TPSA) is 110 Å². The maximum atomic E-state index is 13.1. The van der Waals surface area contributed by atoms with Crippen molar-refractivity contribution in [3.05, 3.63) is 57.4 Å². The summed E-state index contributed by atoms with van der Waals surface area (Å²) in [6, 6.07) is 3.46. The van der Waals surface area contributed by atoms with Crippen LogP contribution in [-0.4, -0.2) is 25.4 Å². The second kappa shape index (κ2) is 5.72. The van der Waals surface area contributed by atoms with E-state index in [0.29, 0.717) is 0 Å². The van der Waals surface area contributed by atoms with Crippen LogP contribution in [0.4, 0.5) is 11.4 Å². The van der Waals surface area contributed by atoms with E-state index in [4.69, 9.17) is 4.74 Å². The summed E-state index contributed by atoms with van der Waals surface area (Å²) in [4.78, 5) is 9.81. The number of nitro groups is 1. The Kier molecular flexibility index (Phi) is 4.13. The lowest BCUT2D eigenvalue weighted by Crippen LogP contribution is -2.46. The third-order valence-corrected chi connectivity index (χ3v) is 4.08. The fourth-order valence-electron chi connectivity index (χ4n) is 2.19. The van der Waals surface area contributed by atoms with E-state index in [1.54, 1.807) is 0 Å². The first-order chi connectivity index (χ1) is 10.3. The Labute approximate surface area is 127 Å². The second-order valence-corrected chi connectivity index (χ2v) is 5.36. The van der Waals surface area contributed by atoms with Crippen molar-refractivity contribution < 1.29 is 18.1 Å². The van der Waals surface area contributed by atoms with E-state index in [0.717, 1.165) is 12.3 Å². The molecule has 0 amide bonds. The normalized spacial score (nSPS) is 20.5. The summed E-state index contributed by atoms with van der Waals surface area (Å²) in [5.74, 6) is 0.0582. The number of non-ortho nitro benzene ring substituents is 1. The third-order valence-electron chi connectivity index (χ3n) is 3.17. The van der Waals surface area contributed by atoms with Crippen LogP contribution in [0.2, 0.25) is 0 Å². The highest BCUT2D eigenvalue weighted by Gasteiger charge is 2.35. The molecular weight excluding hydrogens is 312 g/mol. The van der Waals surface area contributed by atoms with Crippen molar-refractivity contribution in [2.75, 3.05) is 7.11 Å². The van der Waals surface area contributed by atoms with E-state index in [-0.39, 0.29) is 22.7 Å². The first-order valence-electron chi connectivity index (χ1n) is 6.07. The molecule has 8 nitrogen and oxygen atoms in total. The molecule has 0 bridgehead atoms. The fraction of sp³-hybridized carbons (Fsp3) is 0.154. The summed E-state index contributed by atoms with van der Waals surface area (Å²) >= 11 is 0. The van der Waals surface area contributed by atoms with Crippen LogP contribution in [0, 0.1) is 15.3 Å². The molecule has 0 radical (unpaired) electrons. The quantitative estimate of drug-likeness (QED) is 0.276. The second-order valence-electron chi connectivity index (χ2n) is 4.50. The van der Waals surface area contributed by atoms with E-state index in [1.807, 2.05) is 0 Å². The Hall–Kier alpha value is -2.49. The van der Waals surface area contributed by atoms with Gasteiger partial charge in [0.25, 0.3) is 21.0 Å². The van der Waals surface area contributed by atoms with Crippen molar-refractivity contribution in [3.8, 4) is 5.75 Å². The lowest BCUT2D eigenvalue weighted by atomic mass is 10.1. The summed E-state index contributed by atoms with van der Waals surface area (Å²) in [5.41, 5.74) is -0.264. The van der Waals surface area contributed by atoms with Gasteiger partial charge in [-0.05, 0) is 25.1 Å². The standard InChI is InChI=1S/C13H12N2O6S/c1-9-4-3-7-15(18,13(9)22(19)20)11-8-10(14(16)17)5-6-12(11)21-2/h3-8H,1-2H3. The van der Waals surface area contributed by atoms with Crippen molar-refractivity contribution in [1.29, 1.82) is 0 Å². The minimum Gasteiger partial charge on any atom is -0.616 e. The third kappa shape index (κ3) is 2.52. The molecule has 22 heavy (non-hydrogen) atoms. The van der Waals surface area contributed by atoms with Crippen LogP contribution >= 0.6 is 0 Å². The Morgan fingerprint density at radius 3 is 2.55 bits per heavy atom. The smallest absolute Gasteiger partial charge is 0.277 e. The number of quaternary nitrogens is 1. The van der Waals surface area contributed by atoms with Crippen LogP contribution in [0.3, 0.4) is 0 Å². The molecule has 1 aromatic carbocycles. The zero-order valence-electron chi connectivity index (χ0n) is 11.7. The molecule has 1 atom stereocenters. The minimum atomic E-state index is -2.80. The van der Waals surface area contributed by atoms with Crippen molar-refractivity contribution in [2.24, 2.45) is 0 Å². The van der Waals surface area contributed by atoms with Crippen LogP contribution in [-0.2, 0) is 10.3 Å². The van der Waals surface area contributed by atoms with Gasteiger partial charge in [0, 0.05) is 11.6 Å². The summed E-state index contributed by atoms with van der Waals surface area (Å²) < 4.78 is 26.5. The average molecular weight is 324 g/mol. The lowest BCUT2D eigenvalue weighted by molar-refractivity contribution is -0.384. The predicted octanol–water partition coefficient (Wildman–Crippen LogP) is 1.89. The summed E-state index contributed by atoms with van der Waals surface area (Å²) in [5, 5.41) is 24.1. The molecule has 1 aromatic rings. The van der Waals surface area contributed by atoms with Gasteiger partial charge in [-0.3, -0.25) is 14.8 Å². The van der Waals surface area contributed by atoms with Crippen molar-refractivity contribution in [3.63, 3.8) is 0 Å². The number of rotatable bonds is 3. The van der Waals surface area contributed by atoms with Crippen LogP contribution in [0.15, 0.2) is 42.1 Å². The first-order valence-corrected chi connectivity index (χ1v) is 7.14. The van der Waals surface area contributed by atoms with Crippen LogP contribution in [0.1, 0.15) is 6.92 Å². The minimum absolute atomic E-state index is 0.0582. The molecule has 1 aliphatic heterocycles. The number of ether oxygens (including phenoxy) is 1. The lowest BCUT2D eigenvalue weighted by Gasteiger charge is -2.39. The molecule has 0 saturated heterocycles. The molecule has 0 aliphatic carbocycles. The van der Waals surface area contributed by atoms with E-state index >= 15 is 0 Å². The van der Waals surface area contributed by atoms with Gasteiger partial charge in [-0.2, -0.15) is 8.42 Å². The number of hydrogen-bond acceptors (Lipinski definition) is 6. The maximum Gasteiger partial charge on any atom is 0.277 e. The number of benzene rings is 1. The highest BCUT2D eigenvalue weighted by Crippen LogP contribution is 2.39. The van der Waals surface area contributed by atoms with Gasteiger partial charge >= 0.3 is 0 Å². The zero-order chi connectivity index (χ0) is 16.5. The first kappa shape index (κ1) is 15.9. The molecule has 0 N–H and O–H groups in total. The Morgan fingerprint density at radius 1 is 1.32 bits per heavy atom. The average Bonchev–Trinajstić information content (AvgIpc) is 2.45. The van der Waals surface area contributed by atoms with Crippen molar-refractivity contribution in [1.82, 2.24) is 4.65 Å². The van der Waals surface area contributed by atoms with Gasteiger partial charge in [0.2, 0.25) is 0 Å². The molecule has 0 spiro atoms. The Morgan fingerprint density at radius 2 is 2.00 bits per heavy atom. The molecule has 1 unspecified atom stereocenters. The monoisotopic (exact) mass is 324 g/mol. The van der Waals surface area contributed by atoms with Crippen LogP contribution in [0.25, 0.3) is 0 Å². The van der Waals surface area contributed by atoms with E-state index in [2.05, 4.69) is 0 Å². The number of allylic oxidation sites excluding steroid dienone is 2. The molecule has 9 heteroatoms. The number of nitrogens with zero attached hydrogens (tertiary/aromatic N) is 2. The Bertz CT molecular complexity index is 832. The predicted molar refractivity (Wildman–Crippen MR) is 81.6 cm³/mol. The molecule has 0 fully saturated rings. The fourth-order valence-corrected chi connectivity index (χ4v) is 2.90. The number of nitro benzene ring substituents is 1. The van der Waals surface area contributed by atoms with Gasteiger partial charge in [-0.25, -0.2) is 0 Å². The zero-order valence-corrected chi connectivity index (χ0v) is 12.5. The van der Waals surface area contributed by atoms with E-state index in [1.165, 1.54) is 38.3 Å². The summed E-state index contributed by atoms with van der Waals surface area (Å²) in [6.07, 6.45) is 3.96. The van der Waals surface area contributed by atoms with Crippen molar-refractivity contribution in [2.45, 2.75) is 6.92 Å². The number of methoxy groups -OCH3 is 1. The highest BCUT2D eigenvalue weighted by molar-refractivity contribution is 7.73. The van der Waals surface area contributed by atoms with Gasteiger partial charge in [-0.1, -0.05) is 0 Å². The van der Waals surface area contributed by atoms with Gasteiger partial charge < -0.3 is 9.94 Å². The summed E-state index contributed by atoms with van der Waals surface area (Å²) in [7, 11) is -1.51. The van der Waals surface area contributed by atoms with Crippen molar-refractivity contribution >= 4 is 26.7 Å².